The summed E-state index contributed by atoms with van der Waals surface area (Å²) in [6.07, 6.45) is 0.113. The fourth-order valence-electron chi connectivity index (χ4n) is 1.82. The van der Waals surface area contributed by atoms with E-state index in [0.717, 1.165) is 16.7 Å². The molecule has 1 rings (SSSR count). The van der Waals surface area contributed by atoms with E-state index in [1.165, 1.54) is 0 Å². The van der Waals surface area contributed by atoms with Gasteiger partial charge >= 0.3 is 6.09 Å². The molecule has 0 fully saturated rings. The van der Waals surface area contributed by atoms with Gasteiger partial charge in [-0.3, -0.25) is 0 Å². The number of alkyl carbamates (subject to hydrolysis) is 1. The second kappa shape index (κ2) is 5.87. The summed E-state index contributed by atoms with van der Waals surface area (Å²) in [5.74, 6) is 0. The van der Waals surface area contributed by atoms with Crippen LogP contribution in [0.3, 0.4) is 0 Å². The predicted octanol–water partition coefficient (Wildman–Crippen LogP) is 3.07. The van der Waals surface area contributed by atoms with Gasteiger partial charge in [0.15, 0.2) is 0 Å². The zero-order valence-electron chi connectivity index (χ0n) is 12.1. The van der Waals surface area contributed by atoms with E-state index in [0.29, 0.717) is 6.29 Å². The molecular formula is C15H21NO3. The Kier molecular flexibility index (Phi) is 4.70. The van der Waals surface area contributed by atoms with Crippen LogP contribution in [0, 0.1) is 13.8 Å². The van der Waals surface area contributed by atoms with Crippen LogP contribution in [0.1, 0.15) is 43.5 Å². The number of ether oxygens (including phenoxy) is 1. The minimum absolute atomic E-state index is 0.583. The number of carbonyl (C=O) groups is 2. The number of hydrogen-bond acceptors (Lipinski definition) is 3. The number of hydrogen-bond donors (Lipinski definition) is 1. The average Bonchev–Trinajstić information content (AvgIpc) is 2.21. The van der Waals surface area contributed by atoms with Crippen LogP contribution in [0.4, 0.5) is 4.79 Å². The first-order valence-corrected chi connectivity index (χ1v) is 6.24. The van der Waals surface area contributed by atoms with Crippen LogP contribution in [0.2, 0.25) is 0 Å². The van der Waals surface area contributed by atoms with Crippen LogP contribution in [-0.2, 0) is 9.53 Å². The Morgan fingerprint density at radius 2 is 1.74 bits per heavy atom. The highest BCUT2D eigenvalue weighted by molar-refractivity contribution is 5.74. The highest BCUT2D eigenvalue weighted by Crippen LogP contribution is 2.16. The number of benzene rings is 1. The first-order valence-electron chi connectivity index (χ1n) is 6.24. The molecule has 0 heterocycles. The van der Waals surface area contributed by atoms with Gasteiger partial charge in [0, 0.05) is 0 Å². The SMILES string of the molecule is Cc1cc(C)cc(C(C=O)NC(=O)OC(C)(C)C)c1. The van der Waals surface area contributed by atoms with Gasteiger partial charge in [0.05, 0.1) is 0 Å². The van der Waals surface area contributed by atoms with Crippen molar-refractivity contribution in [2.24, 2.45) is 0 Å². The zero-order valence-corrected chi connectivity index (χ0v) is 12.1. The molecule has 0 radical (unpaired) electrons. The van der Waals surface area contributed by atoms with Crippen molar-refractivity contribution in [2.45, 2.75) is 46.3 Å². The molecule has 0 aromatic heterocycles. The van der Waals surface area contributed by atoms with E-state index < -0.39 is 17.7 Å². The van der Waals surface area contributed by atoms with Crippen molar-refractivity contribution in [3.63, 3.8) is 0 Å². The van der Waals surface area contributed by atoms with Gasteiger partial charge in [0.2, 0.25) is 0 Å². The molecule has 104 valence electrons. The molecule has 0 spiro atoms. The Labute approximate surface area is 114 Å². The lowest BCUT2D eigenvalue weighted by Crippen LogP contribution is -2.35. The summed E-state index contributed by atoms with van der Waals surface area (Å²) < 4.78 is 5.14. The van der Waals surface area contributed by atoms with Crippen molar-refractivity contribution in [1.82, 2.24) is 5.32 Å². The van der Waals surface area contributed by atoms with E-state index in [4.69, 9.17) is 4.74 Å². The maximum Gasteiger partial charge on any atom is 0.408 e. The fraction of sp³-hybridized carbons (Fsp3) is 0.467. The highest BCUT2D eigenvalue weighted by Gasteiger charge is 2.20. The van der Waals surface area contributed by atoms with Gasteiger partial charge in [-0.2, -0.15) is 0 Å². The molecule has 1 N–H and O–H groups in total. The van der Waals surface area contributed by atoms with Crippen LogP contribution >= 0.6 is 0 Å². The molecule has 0 saturated heterocycles. The smallest absolute Gasteiger partial charge is 0.408 e. The monoisotopic (exact) mass is 263 g/mol. The molecule has 0 aliphatic carbocycles. The largest absolute Gasteiger partial charge is 0.444 e. The van der Waals surface area contributed by atoms with Crippen molar-refractivity contribution < 1.29 is 14.3 Å². The van der Waals surface area contributed by atoms with Crippen molar-refractivity contribution in [1.29, 1.82) is 0 Å². The van der Waals surface area contributed by atoms with Crippen molar-refractivity contribution in [2.75, 3.05) is 0 Å². The molecule has 0 aliphatic heterocycles. The summed E-state index contributed by atoms with van der Waals surface area (Å²) in [4.78, 5) is 22.8. The molecule has 1 amide bonds. The normalized spacial score (nSPS) is 12.7. The van der Waals surface area contributed by atoms with Gasteiger partial charge in [0.25, 0.3) is 0 Å². The van der Waals surface area contributed by atoms with Gasteiger partial charge < -0.3 is 14.8 Å². The fourth-order valence-corrected chi connectivity index (χ4v) is 1.82. The first kappa shape index (κ1) is 15.2. The Morgan fingerprint density at radius 3 is 2.16 bits per heavy atom. The van der Waals surface area contributed by atoms with Crippen molar-refractivity contribution in [3.8, 4) is 0 Å². The molecule has 1 aromatic carbocycles. The van der Waals surface area contributed by atoms with Gasteiger partial charge in [0.1, 0.15) is 17.9 Å². The first-order chi connectivity index (χ1) is 8.71. The minimum Gasteiger partial charge on any atom is -0.444 e. The van der Waals surface area contributed by atoms with Gasteiger partial charge in [-0.05, 0) is 40.2 Å². The Bertz CT molecular complexity index is 455. The van der Waals surface area contributed by atoms with Crippen LogP contribution in [-0.4, -0.2) is 18.0 Å². The highest BCUT2D eigenvalue weighted by atomic mass is 16.6. The number of rotatable bonds is 3. The topological polar surface area (TPSA) is 55.4 Å². The molecule has 4 heteroatoms. The van der Waals surface area contributed by atoms with Crippen molar-refractivity contribution >= 4 is 12.4 Å². The van der Waals surface area contributed by atoms with Crippen LogP contribution in [0.25, 0.3) is 0 Å². The summed E-state index contributed by atoms with van der Waals surface area (Å²) in [6.45, 7) is 9.23. The van der Waals surface area contributed by atoms with E-state index in [1.807, 2.05) is 32.0 Å². The molecule has 1 aromatic rings. The molecule has 0 aliphatic rings. The average molecular weight is 263 g/mol. The summed E-state index contributed by atoms with van der Waals surface area (Å²) >= 11 is 0. The third kappa shape index (κ3) is 5.12. The lowest BCUT2D eigenvalue weighted by Gasteiger charge is -2.22. The third-order valence-corrected chi connectivity index (χ3v) is 2.41. The number of aldehydes is 1. The van der Waals surface area contributed by atoms with Gasteiger partial charge in [-0.1, -0.05) is 29.3 Å². The maximum absolute atomic E-state index is 11.7. The molecular weight excluding hydrogens is 242 g/mol. The third-order valence-electron chi connectivity index (χ3n) is 2.41. The second-order valence-corrected chi connectivity index (χ2v) is 5.68. The van der Waals surface area contributed by atoms with Crippen molar-refractivity contribution in [3.05, 3.63) is 34.9 Å². The van der Waals surface area contributed by atoms with E-state index in [2.05, 4.69) is 5.32 Å². The van der Waals surface area contributed by atoms with E-state index >= 15 is 0 Å². The molecule has 0 bridgehead atoms. The minimum atomic E-state index is -0.687. The molecule has 4 nitrogen and oxygen atoms in total. The number of nitrogens with one attached hydrogen (secondary N) is 1. The number of aryl methyl sites for hydroxylation is 2. The summed E-state index contributed by atoms with van der Waals surface area (Å²) in [5.41, 5.74) is 2.28. The molecule has 0 saturated carbocycles. The summed E-state index contributed by atoms with van der Waals surface area (Å²) in [5, 5.41) is 2.56. The van der Waals surface area contributed by atoms with E-state index in [-0.39, 0.29) is 0 Å². The van der Waals surface area contributed by atoms with Gasteiger partial charge in [-0.15, -0.1) is 0 Å². The molecule has 1 atom stereocenters. The second-order valence-electron chi connectivity index (χ2n) is 5.68. The van der Waals surface area contributed by atoms with Crippen LogP contribution in [0.15, 0.2) is 18.2 Å². The number of carbonyl (C=O) groups excluding carboxylic acids is 2. The molecule has 19 heavy (non-hydrogen) atoms. The summed E-state index contributed by atoms with van der Waals surface area (Å²) in [6, 6.07) is 5.08. The van der Waals surface area contributed by atoms with E-state index in [9.17, 15) is 9.59 Å². The van der Waals surface area contributed by atoms with Gasteiger partial charge in [-0.25, -0.2) is 4.79 Å². The van der Waals surface area contributed by atoms with Crippen LogP contribution in [0.5, 0.6) is 0 Å². The lowest BCUT2D eigenvalue weighted by atomic mass is 10.0. The van der Waals surface area contributed by atoms with Crippen LogP contribution < -0.4 is 5.32 Å². The Hall–Kier alpha value is -1.84. The lowest BCUT2D eigenvalue weighted by molar-refractivity contribution is -0.109. The quantitative estimate of drug-likeness (QED) is 0.853. The maximum atomic E-state index is 11.7. The standard InChI is InChI=1S/C15H21NO3/c1-10-6-11(2)8-12(7-10)13(9-17)16-14(18)19-15(3,4)5/h6-9,13H,1-5H3,(H,16,18). The molecule has 1 unspecified atom stereocenters. The Balaban J connectivity index is 2.84. The summed E-state index contributed by atoms with van der Waals surface area (Å²) in [7, 11) is 0. The predicted molar refractivity (Wildman–Crippen MR) is 74.1 cm³/mol. The Morgan fingerprint density at radius 1 is 1.21 bits per heavy atom. The number of amides is 1. The zero-order chi connectivity index (χ0) is 14.6. The van der Waals surface area contributed by atoms with E-state index in [1.54, 1.807) is 20.8 Å².